The minimum Gasteiger partial charge on any atom is -0.311 e. The summed E-state index contributed by atoms with van der Waals surface area (Å²) >= 11 is 6.10. The fourth-order valence-corrected chi connectivity index (χ4v) is 4.44. The highest BCUT2D eigenvalue weighted by molar-refractivity contribution is 6.30. The molecule has 0 aliphatic carbocycles. The number of halogens is 1. The molecule has 2 aliphatic heterocycles. The molecule has 0 spiro atoms. The molecule has 0 saturated carbocycles. The summed E-state index contributed by atoms with van der Waals surface area (Å²) in [6.07, 6.45) is 0. The summed E-state index contributed by atoms with van der Waals surface area (Å²) in [6, 6.07) is 22.4. The number of aryl methyl sites for hydroxylation is 1. The van der Waals surface area contributed by atoms with Crippen molar-refractivity contribution >= 4 is 17.5 Å². The number of hydrogen-bond donors (Lipinski definition) is 1. The first-order valence-corrected chi connectivity index (χ1v) is 9.52. The van der Waals surface area contributed by atoms with Crippen LogP contribution in [0.1, 0.15) is 27.0 Å². The minimum atomic E-state index is -0.613. The van der Waals surface area contributed by atoms with Crippen molar-refractivity contribution in [2.75, 3.05) is 13.1 Å². The molecule has 1 saturated heterocycles. The summed E-state index contributed by atoms with van der Waals surface area (Å²) in [5, 5.41) is 4.30. The Kier molecular flexibility index (Phi) is 3.64. The number of nitrogens with one attached hydrogen (secondary N) is 1. The largest absolute Gasteiger partial charge is 0.311 e. The van der Waals surface area contributed by atoms with E-state index in [1.54, 1.807) is 0 Å². The number of fused-ring (bicyclic) bond motifs is 3. The van der Waals surface area contributed by atoms with E-state index in [4.69, 9.17) is 11.6 Å². The molecule has 1 fully saturated rings. The Bertz CT molecular complexity index is 1040. The van der Waals surface area contributed by atoms with Gasteiger partial charge in [-0.1, -0.05) is 59.6 Å². The first-order valence-electron chi connectivity index (χ1n) is 9.14. The second-order valence-electron chi connectivity index (χ2n) is 7.23. The molecule has 0 bridgehead atoms. The Morgan fingerprint density at radius 3 is 2.41 bits per heavy atom. The van der Waals surface area contributed by atoms with Crippen molar-refractivity contribution in [1.82, 2.24) is 10.2 Å². The summed E-state index contributed by atoms with van der Waals surface area (Å²) in [7, 11) is 0. The van der Waals surface area contributed by atoms with Crippen LogP contribution in [0.3, 0.4) is 0 Å². The maximum absolute atomic E-state index is 13.1. The van der Waals surface area contributed by atoms with Gasteiger partial charge in [-0.2, -0.15) is 0 Å². The van der Waals surface area contributed by atoms with Gasteiger partial charge < -0.3 is 4.90 Å². The molecule has 0 radical (unpaired) electrons. The summed E-state index contributed by atoms with van der Waals surface area (Å²) in [5.74, 6) is 0.0837. The summed E-state index contributed by atoms with van der Waals surface area (Å²) in [5.41, 5.74) is 5.72. The molecule has 0 aromatic heterocycles. The SMILES string of the molecule is Cc1ccc(-c2ccc3c(c2)C2(c4ccc(Cl)cc4)NCCN2C3=O)cc1. The Morgan fingerprint density at radius 1 is 0.963 bits per heavy atom. The van der Waals surface area contributed by atoms with E-state index in [1.165, 1.54) is 5.56 Å². The topological polar surface area (TPSA) is 32.3 Å². The average Bonchev–Trinajstić information content (AvgIpc) is 3.22. The molecule has 2 heterocycles. The first-order chi connectivity index (χ1) is 13.1. The third kappa shape index (κ3) is 2.35. The van der Waals surface area contributed by atoms with Crippen LogP contribution in [0.5, 0.6) is 0 Å². The van der Waals surface area contributed by atoms with Crippen LogP contribution in [0.2, 0.25) is 5.02 Å². The van der Waals surface area contributed by atoms with Gasteiger partial charge in [-0.15, -0.1) is 0 Å². The summed E-state index contributed by atoms with van der Waals surface area (Å²) in [4.78, 5) is 15.0. The van der Waals surface area contributed by atoms with Gasteiger partial charge in [-0.3, -0.25) is 10.1 Å². The minimum absolute atomic E-state index is 0.0837. The third-order valence-corrected chi connectivity index (χ3v) is 5.90. The normalized spacial score (nSPS) is 20.7. The standard InChI is InChI=1S/C23H19ClN2O/c1-15-2-4-16(5-3-15)17-6-11-20-21(14-17)23(18-7-9-19(24)10-8-18)25-12-13-26(23)22(20)27/h2-11,14,25H,12-13H2,1H3. The monoisotopic (exact) mass is 374 g/mol. The summed E-state index contributed by atoms with van der Waals surface area (Å²) in [6.45, 7) is 3.54. The van der Waals surface area contributed by atoms with E-state index >= 15 is 0 Å². The Labute approximate surface area is 163 Å². The summed E-state index contributed by atoms with van der Waals surface area (Å²) < 4.78 is 0. The predicted molar refractivity (Wildman–Crippen MR) is 108 cm³/mol. The molecule has 5 rings (SSSR count). The molecule has 1 amide bonds. The Balaban J connectivity index is 1.71. The number of benzene rings is 3. The number of carbonyl (C=O) groups is 1. The van der Waals surface area contributed by atoms with Gasteiger partial charge in [0.1, 0.15) is 5.66 Å². The lowest BCUT2D eigenvalue weighted by atomic mass is 9.89. The van der Waals surface area contributed by atoms with Crippen LogP contribution >= 0.6 is 11.6 Å². The number of rotatable bonds is 2. The van der Waals surface area contributed by atoms with E-state index in [1.807, 2.05) is 41.3 Å². The van der Waals surface area contributed by atoms with Crippen LogP contribution in [0, 0.1) is 6.92 Å². The molecule has 1 atom stereocenters. The van der Waals surface area contributed by atoms with Crippen molar-refractivity contribution in [3.63, 3.8) is 0 Å². The maximum atomic E-state index is 13.1. The lowest BCUT2D eigenvalue weighted by Crippen LogP contribution is -2.46. The zero-order valence-corrected chi connectivity index (χ0v) is 15.8. The van der Waals surface area contributed by atoms with Crippen LogP contribution in [0.4, 0.5) is 0 Å². The van der Waals surface area contributed by atoms with Crippen LogP contribution in [-0.4, -0.2) is 23.9 Å². The van der Waals surface area contributed by atoms with Crippen LogP contribution in [-0.2, 0) is 5.66 Å². The molecular weight excluding hydrogens is 356 g/mol. The van der Waals surface area contributed by atoms with E-state index in [9.17, 15) is 4.79 Å². The second kappa shape index (κ2) is 5.95. The molecule has 1 unspecified atom stereocenters. The maximum Gasteiger partial charge on any atom is 0.256 e. The quantitative estimate of drug-likeness (QED) is 0.712. The van der Waals surface area contributed by atoms with Crippen molar-refractivity contribution in [1.29, 1.82) is 0 Å². The molecule has 134 valence electrons. The third-order valence-electron chi connectivity index (χ3n) is 5.65. The molecule has 1 N–H and O–H groups in total. The molecule has 3 aromatic carbocycles. The van der Waals surface area contributed by atoms with Gasteiger partial charge in [0.05, 0.1) is 0 Å². The fourth-order valence-electron chi connectivity index (χ4n) is 4.31. The van der Waals surface area contributed by atoms with Crippen molar-refractivity contribution in [2.45, 2.75) is 12.6 Å². The van der Waals surface area contributed by atoms with Gasteiger partial charge in [0.2, 0.25) is 0 Å². The number of amides is 1. The van der Waals surface area contributed by atoms with Gasteiger partial charge in [0.15, 0.2) is 0 Å². The second-order valence-corrected chi connectivity index (χ2v) is 7.66. The van der Waals surface area contributed by atoms with E-state index in [0.29, 0.717) is 11.6 Å². The van der Waals surface area contributed by atoms with Crippen molar-refractivity contribution < 1.29 is 4.79 Å². The molecule has 3 aromatic rings. The number of hydrogen-bond acceptors (Lipinski definition) is 2. The van der Waals surface area contributed by atoms with Crippen molar-refractivity contribution in [3.05, 3.63) is 94.0 Å². The smallest absolute Gasteiger partial charge is 0.256 e. The lowest BCUT2D eigenvalue weighted by molar-refractivity contribution is 0.0694. The number of carbonyl (C=O) groups excluding carboxylic acids is 1. The molecular formula is C23H19ClN2O. The van der Waals surface area contributed by atoms with Crippen LogP contribution in [0.15, 0.2) is 66.7 Å². The highest BCUT2D eigenvalue weighted by Gasteiger charge is 2.53. The van der Waals surface area contributed by atoms with Crippen molar-refractivity contribution in [3.8, 4) is 11.1 Å². The van der Waals surface area contributed by atoms with Gasteiger partial charge in [0, 0.05) is 29.2 Å². The number of nitrogens with zero attached hydrogens (tertiary/aromatic N) is 1. The van der Waals surface area contributed by atoms with E-state index in [0.717, 1.165) is 34.4 Å². The molecule has 3 nitrogen and oxygen atoms in total. The molecule has 4 heteroatoms. The Morgan fingerprint density at radius 2 is 1.67 bits per heavy atom. The highest BCUT2D eigenvalue weighted by Crippen LogP contribution is 2.45. The molecule has 2 aliphatic rings. The predicted octanol–water partition coefficient (Wildman–Crippen LogP) is 4.58. The molecule has 27 heavy (non-hydrogen) atoms. The van der Waals surface area contributed by atoms with Crippen molar-refractivity contribution in [2.24, 2.45) is 0 Å². The van der Waals surface area contributed by atoms with E-state index in [-0.39, 0.29) is 5.91 Å². The Hall–Kier alpha value is -2.62. The van der Waals surface area contributed by atoms with Crippen LogP contribution < -0.4 is 5.32 Å². The zero-order chi connectivity index (χ0) is 18.6. The van der Waals surface area contributed by atoms with Gasteiger partial charge >= 0.3 is 0 Å². The zero-order valence-electron chi connectivity index (χ0n) is 15.0. The van der Waals surface area contributed by atoms with E-state index in [2.05, 4.69) is 42.6 Å². The first kappa shape index (κ1) is 16.5. The highest BCUT2D eigenvalue weighted by atomic mass is 35.5. The van der Waals surface area contributed by atoms with Crippen LogP contribution in [0.25, 0.3) is 11.1 Å². The van der Waals surface area contributed by atoms with E-state index < -0.39 is 5.66 Å². The van der Waals surface area contributed by atoms with Gasteiger partial charge in [-0.25, -0.2) is 0 Å². The van der Waals surface area contributed by atoms with Gasteiger partial charge in [-0.05, 0) is 47.9 Å². The fraction of sp³-hybridized carbons (Fsp3) is 0.174. The lowest BCUT2D eigenvalue weighted by Gasteiger charge is -2.33. The average molecular weight is 375 g/mol. The van der Waals surface area contributed by atoms with Gasteiger partial charge in [0.25, 0.3) is 5.91 Å².